The van der Waals surface area contributed by atoms with Gasteiger partial charge in [0.25, 0.3) is 5.69 Å². The lowest BCUT2D eigenvalue weighted by molar-refractivity contribution is -0.384. The Labute approximate surface area is 160 Å². The van der Waals surface area contributed by atoms with Crippen LogP contribution >= 0.6 is 0 Å². The number of nitrogens with zero attached hydrogens (tertiary/aromatic N) is 5. The Morgan fingerprint density at radius 1 is 1.04 bits per heavy atom. The fourth-order valence-electron chi connectivity index (χ4n) is 2.30. The van der Waals surface area contributed by atoms with Crippen molar-refractivity contribution < 1.29 is 4.92 Å². The molecular formula is C20H27N5O2. The molecule has 1 heterocycles. The summed E-state index contributed by atoms with van der Waals surface area (Å²) in [6.45, 7) is 15.1. The van der Waals surface area contributed by atoms with Crippen LogP contribution in [0.5, 0.6) is 0 Å². The number of azo groups is 1. The normalized spacial score (nSPS) is 9.59. The first-order chi connectivity index (χ1) is 12.8. The number of nitro benzene ring substituents is 1. The minimum Gasteiger partial charge on any atom is -0.258 e. The standard InChI is InChI=1S/C16H15N5O2.2C2H6/c1-9-7-13(21(22)23)5-6-15(9)19-20-16-10(2)14(8-17)11(3)18-12(16)4;2*1-2/h5-7H,1-4H3;2*1-2H3. The zero-order valence-corrected chi connectivity index (χ0v) is 17.3. The summed E-state index contributed by atoms with van der Waals surface area (Å²) in [5.74, 6) is 0. The van der Waals surface area contributed by atoms with E-state index < -0.39 is 4.92 Å². The largest absolute Gasteiger partial charge is 0.269 e. The predicted octanol–water partition coefficient (Wildman–Crippen LogP) is 6.56. The van der Waals surface area contributed by atoms with Gasteiger partial charge in [0.1, 0.15) is 11.8 Å². The highest BCUT2D eigenvalue weighted by molar-refractivity contribution is 5.58. The van der Waals surface area contributed by atoms with Gasteiger partial charge in [-0.2, -0.15) is 10.4 Å². The SMILES string of the molecule is CC.CC.Cc1cc([N+](=O)[O-])ccc1N=Nc1c(C)nc(C)c(C#N)c1C. The van der Waals surface area contributed by atoms with E-state index in [4.69, 9.17) is 0 Å². The molecule has 0 saturated heterocycles. The lowest BCUT2D eigenvalue weighted by Crippen LogP contribution is -1.96. The summed E-state index contributed by atoms with van der Waals surface area (Å²) in [6, 6.07) is 6.50. The van der Waals surface area contributed by atoms with Crippen molar-refractivity contribution in [3.05, 3.63) is 56.4 Å². The Bertz CT molecular complexity index is 868. The van der Waals surface area contributed by atoms with Crippen molar-refractivity contribution in [2.24, 2.45) is 10.2 Å². The maximum absolute atomic E-state index is 10.7. The molecule has 0 aliphatic rings. The number of benzene rings is 1. The van der Waals surface area contributed by atoms with E-state index in [0.29, 0.717) is 33.9 Å². The fraction of sp³-hybridized carbons (Fsp3) is 0.400. The van der Waals surface area contributed by atoms with E-state index in [0.717, 1.165) is 5.56 Å². The molecule has 7 heteroatoms. The van der Waals surface area contributed by atoms with Crippen LogP contribution in [0, 0.1) is 49.1 Å². The van der Waals surface area contributed by atoms with Crippen molar-refractivity contribution >= 4 is 17.1 Å². The Kier molecular flexibility index (Phi) is 10.1. The maximum Gasteiger partial charge on any atom is 0.269 e. The molecule has 0 spiro atoms. The molecule has 0 N–H and O–H groups in total. The van der Waals surface area contributed by atoms with Crippen LogP contribution in [0.25, 0.3) is 0 Å². The number of aromatic nitrogens is 1. The van der Waals surface area contributed by atoms with Gasteiger partial charge in [0, 0.05) is 12.1 Å². The molecule has 1 aromatic heterocycles. The minimum absolute atomic E-state index is 0.0116. The van der Waals surface area contributed by atoms with Gasteiger partial charge in [0.2, 0.25) is 0 Å². The van der Waals surface area contributed by atoms with Gasteiger partial charge in [-0.1, -0.05) is 27.7 Å². The number of pyridine rings is 1. The van der Waals surface area contributed by atoms with E-state index in [-0.39, 0.29) is 5.69 Å². The predicted molar refractivity (Wildman–Crippen MR) is 108 cm³/mol. The second-order valence-corrected chi connectivity index (χ2v) is 5.17. The van der Waals surface area contributed by atoms with E-state index in [1.807, 2.05) is 27.7 Å². The van der Waals surface area contributed by atoms with Crippen LogP contribution in [0.1, 0.15) is 55.8 Å². The van der Waals surface area contributed by atoms with Crippen LogP contribution in [-0.4, -0.2) is 9.91 Å². The van der Waals surface area contributed by atoms with Crippen molar-refractivity contribution in [1.29, 1.82) is 5.26 Å². The van der Waals surface area contributed by atoms with Gasteiger partial charge in [-0.05, 0) is 44.9 Å². The summed E-state index contributed by atoms with van der Waals surface area (Å²) >= 11 is 0. The molecule has 144 valence electrons. The van der Waals surface area contributed by atoms with Crippen LogP contribution in [0.2, 0.25) is 0 Å². The second kappa shape index (κ2) is 11.5. The Morgan fingerprint density at radius 2 is 1.63 bits per heavy atom. The third kappa shape index (κ3) is 5.96. The number of non-ortho nitro benzene ring substituents is 1. The maximum atomic E-state index is 10.7. The van der Waals surface area contributed by atoms with E-state index in [1.54, 1.807) is 33.8 Å². The fourth-order valence-corrected chi connectivity index (χ4v) is 2.30. The van der Waals surface area contributed by atoms with Gasteiger partial charge in [-0.15, -0.1) is 5.11 Å². The third-order valence-corrected chi connectivity index (χ3v) is 3.53. The molecule has 0 saturated carbocycles. The highest BCUT2D eigenvalue weighted by Gasteiger charge is 2.12. The van der Waals surface area contributed by atoms with Crippen LogP contribution in [-0.2, 0) is 0 Å². The summed E-state index contributed by atoms with van der Waals surface area (Å²) < 4.78 is 0. The molecule has 7 nitrogen and oxygen atoms in total. The molecule has 0 bridgehead atoms. The first-order valence-corrected chi connectivity index (χ1v) is 8.89. The molecule has 27 heavy (non-hydrogen) atoms. The van der Waals surface area contributed by atoms with E-state index in [9.17, 15) is 15.4 Å². The lowest BCUT2D eigenvalue weighted by Gasteiger charge is -2.08. The molecule has 1 aromatic carbocycles. The van der Waals surface area contributed by atoms with Crippen molar-refractivity contribution in [1.82, 2.24) is 4.98 Å². The molecule has 0 unspecified atom stereocenters. The molecule has 0 atom stereocenters. The van der Waals surface area contributed by atoms with Crippen molar-refractivity contribution in [3.8, 4) is 6.07 Å². The minimum atomic E-state index is -0.453. The van der Waals surface area contributed by atoms with Crippen LogP contribution in [0.3, 0.4) is 0 Å². The molecule has 0 fully saturated rings. The Balaban J connectivity index is 0.00000158. The molecule has 0 aliphatic carbocycles. The van der Waals surface area contributed by atoms with Crippen LogP contribution < -0.4 is 0 Å². The zero-order chi connectivity index (χ0) is 21.1. The molecule has 0 aliphatic heterocycles. The topological polar surface area (TPSA) is 105 Å². The summed E-state index contributed by atoms with van der Waals surface area (Å²) in [7, 11) is 0. The summed E-state index contributed by atoms with van der Waals surface area (Å²) in [5.41, 5.74) is 4.30. The van der Waals surface area contributed by atoms with Crippen molar-refractivity contribution in [2.45, 2.75) is 55.4 Å². The highest BCUT2D eigenvalue weighted by Crippen LogP contribution is 2.30. The van der Waals surface area contributed by atoms with E-state index >= 15 is 0 Å². The number of rotatable bonds is 3. The molecule has 2 rings (SSSR count). The lowest BCUT2D eigenvalue weighted by atomic mass is 10.1. The molecule has 0 amide bonds. The van der Waals surface area contributed by atoms with Crippen LogP contribution in [0.4, 0.5) is 17.1 Å². The number of nitro groups is 1. The quantitative estimate of drug-likeness (QED) is 0.347. The second-order valence-electron chi connectivity index (χ2n) is 5.17. The van der Waals surface area contributed by atoms with Crippen molar-refractivity contribution in [3.63, 3.8) is 0 Å². The van der Waals surface area contributed by atoms with E-state index in [1.165, 1.54) is 12.1 Å². The Hall–Kier alpha value is -3.14. The van der Waals surface area contributed by atoms with Crippen molar-refractivity contribution in [2.75, 3.05) is 0 Å². The molecular weight excluding hydrogens is 342 g/mol. The Morgan fingerprint density at radius 3 is 2.11 bits per heavy atom. The first kappa shape index (κ1) is 23.9. The van der Waals surface area contributed by atoms with Gasteiger partial charge < -0.3 is 0 Å². The summed E-state index contributed by atoms with van der Waals surface area (Å²) in [6.07, 6.45) is 0. The van der Waals surface area contributed by atoms with Gasteiger partial charge >= 0.3 is 0 Å². The molecule has 0 radical (unpaired) electrons. The van der Waals surface area contributed by atoms with E-state index in [2.05, 4.69) is 21.3 Å². The average molecular weight is 369 g/mol. The van der Waals surface area contributed by atoms with Gasteiger partial charge in [0.05, 0.1) is 27.6 Å². The summed E-state index contributed by atoms with van der Waals surface area (Å²) in [4.78, 5) is 14.6. The molecule has 2 aromatic rings. The smallest absolute Gasteiger partial charge is 0.258 e. The van der Waals surface area contributed by atoms with Gasteiger partial charge in [-0.25, -0.2) is 0 Å². The highest BCUT2D eigenvalue weighted by atomic mass is 16.6. The number of aryl methyl sites for hydroxylation is 3. The number of nitriles is 1. The number of hydrogen-bond donors (Lipinski definition) is 0. The van der Waals surface area contributed by atoms with Gasteiger partial charge in [-0.3, -0.25) is 15.1 Å². The van der Waals surface area contributed by atoms with Gasteiger partial charge in [0.15, 0.2) is 0 Å². The van der Waals surface area contributed by atoms with Crippen LogP contribution in [0.15, 0.2) is 28.4 Å². The summed E-state index contributed by atoms with van der Waals surface area (Å²) in [5, 5.41) is 28.3. The first-order valence-electron chi connectivity index (χ1n) is 8.89. The average Bonchev–Trinajstić information content (AvgIpc) is 2.65. The zero-order valence-electron chi connectivity index (χ0n) is 17.3. The third-order valence-electron chi connectivity index (χ3n) is 3.53. The number of hydrogen-bond acceptors (Lipinski definition) is 6. The monoisotopic (exact) mass is 369 g/mol.